The summed E-state index contributed by atoms with van der Waals surface area (Å²) >= 11 is 0. The molecule has 0 saturated carbocycles. The molecule has 0 amide bonds. The number of hydrogen-bond acceptors (Lipinski definition) is 3. The Morgan fingerprint density at radius 2 is 1.85 bits per heavy atom. The van der Waals surface area contributed by atoms with Crippen molar-refractivity contribution >= 4 is 0 Å². The zero-order chi connectivity index (χ0) is 14.5. The Kier molecular flexibility index (Phi) is 4.64. The van der Waals surface area contributed by atoms with Gasteiger partial charge in [0.15, 0.2) is 0 Å². The van der Waals surface area contributed by atoms with E-state index >= 15 is 0 Å². The van der Waals surface area contributed by atoms with Crippen molar-refractivity contribution in [2.24, 2.45) is 0 Å². The first-order chi connectivity index (χ1) is 9.65. The second-order valence-electron chi connectivity index (χ2n) is 4.64. The molecule has 0 aliphatic carbocycles. The lowest BCUT2D eigenvalue weighted by molar-refractivity contribution is 0.219. The van der Waals surface area contributed by atoms with E-state index in [1.54, 1.807) is 7.11 Å². The third-order valence-corrected chi connectivity index (χ3v) is 3.22. The highest BCUT2D eigenvalue weighted by Gasteiger charge is 2.12. The molecule has 2 aromatic rings. The van der Waals surface area contributed by atoms with Crippen LogP contribution in [0.4, 0.5) is 0 Å². The van der Waals surface area contributed by atoms with E-state index in [1.807, 2.05) is 56.3 Å². The van der Waals surface area contributed by atoms with Gasteiger partial charge in [-0.25, -0.2) is 0 Å². The van der Waals surface area contributed by atoms with Gasteiger partial charge in [0.05, 0.1) is 13.7 Å². The number of rotatable bonds is 5. The van der Waals surface area contributed by atoms with Crippen LogP contribution in [0.25, 0.3) is 0 Å². The molecule has 3 heteroatoms. The van der Waals surface area contributed by atoms with Gasteiger partial charge in [-0.1, -0.05) is 18.2 Å². The summed E-state index contributed by atoms with van der Waals surface area (Å²) in [6.45, 7) is 4.52. The molecule has 0 fully saturated rings. The summed E-state index contributed by atoms with van der Waals surface area (Å²) < 4.78 is 10.7. The lowest BCUT2D eigenvalue weighted by atomic mass is 9.99. The van der Waals surface area contributed by atoms with Crippen LogP contribution in [0.2, 0.25) is 0 Å². The van der Waals surface area contributed by atoms with E-state index in [9.17, 15) is 5.11 Å². The summed E-state index contributed by atoms with van der Waals surface area (Å²) in [4.78, 5) is 0. The molecule has 1 N–H and O–H groups in total. The molecular weight excluding hydrogens is 252 g/mol. The standard InChI is InChI=1S/C17H20O3/c1-4-20-15-7-5-6-13(11-15)17(18)14-8-9-16(19-3)12(2)10-14/h5-11,17-18H,4H2,1-3H3. The Bertz CT molecular complexity index is 578. The van der Waals surface area contributed by atoms with Crippen molar-refractivity contribution in [2.75, 3.05) is 13.7 Å². The van der Waals surface area contributed by atoms with E-state index in [4.69, 9.17) is 9.47 Å². The molecule has 0 radical (unpaired) electrons. The highest BCUT2D eigenvalue weighted by molar-refractivity contribution is 5.41. The minimum absolute atomic E-state index is 0.612. The molecule has 0 aliphatic heterocycles. The van der Waals surface area contributed by atoms with Crippen LogP contribution in [-0.2, 0) is 0 Å². The van der Waals surface area contributed by atoms with Gasteiger partial charge >= 0.3 is 0 Å². The van der Waals surface area contributed by atoms with Gasteiger partial charge in [-0.2, -0.15) is 0 Å². The Morgan fingerprint density at radius 3 is 2.50 bits per heavy atom. The fourth-order valence-corrected chi connectivity index (χ4v) is 2.21. The van der Waals surface area contributed by atoms with Crippen LogP contribution < -0.4 is 9.47 Å². The van der Waals surface area contributed by atoms with Gasteiger partial charge < -0.3 is 14.6 Å². The number of benzene rings is 2. The van der Waals surface area contributed by atoms with Gasteiger partial charge in [-0.3, -0.25) is 0 Å². The number of ether oxygens (including phenoxy) is 2. The molecule has 2 rings (SSSR count). The molecule has 0 aliphatic rings. The average Bonchev–Trinajstić information content (AvgIpc) is 2.47. The Hall–Kier alpha value is -2.00. The smallest absolute Gasteiger partial charge is 0.121 e. The van der Waals surface area contributed by atoms with Crippen LogP contribution in [0.3, 0.4) is 0 Å². The molecule has 0 aromatic heterocycles. The maximum atomic E-state index is 10.5. The summed E-state index contributed by atoms with van der Waals surface area (Å²) in [6, 6.07) is 13.2. The van der Waals surface area contributed by atoms with E-state index in [1.165, 1.54) is 0 Å². The fourth-order valence-electron chi connectivity index (χ4n) is 2.21. The van der Waals surface area contributed by atoms with Crippen LogP contribution in [0.15, 0.2) is 42.5 Å². The van der Waals surface area contributed by atoms with Gasteiger partial charge in [0.1, 0.15) is 17.6 Å². The molecular formula is C17H20O3. The molecule has 0 bridgehead atoms. The van der Waals surface area contributed by atoms with Crippen molar-refractivity contribution in [3.05, 3.63) is 59.2 Å². The van der Waals surface area contributed by atoms with Crippen molar-refractivity contribution in [1.29, 1.82) is 0 Å². The van der Waals surface area contributed by atoms with E-state index < -0.39 is 6.10 Å². The van der Waals surface area contributed by atoms with Crippen LogP contribution in [-0.4, -0.2) is 18.8 Å². The number of aryl methyl sites for hydroxylation is 1. The molecule has 0 saturated heterocycles. The third-order valence-electron chi connectivity index (χ3n) is 3.22. The Balaban J connectivity index is 2.28. The normalized spacial score (nSPS) is 12.0. The Labute approximate surface area is 119 Å². The lowest BCUT2D eigenvalue weighted by Gasteiger charge is -2.15. The van der Waals surface area contributed by atoms with E-state index in [0.717, 1.165) is 28.2 Å². The molecule has 1 unspecified atom stereocenters. The SMILES string of the molecule is CCOc1cccc(C(O)c2ccc(OC)c(C)c2)c1. The second kappa shape index (κ2) is 6.44. The number of aliphatic hydroxyl groups excluding tert-OH is 1. The molecule has 0 spiro atoms. The maximum absolute atomic E-state index is 10.5. The summed E-state index contributed by atoms with van der Waals surface area (Å²) in [6.07, 6.45) is -0.667. The third kappa shape index (κ3) is 3.11. The zero-order valence-corrected chi connectivity index (χ0v) is 12.1. The predicted molar refractivity (Wildman–Crippen MR) is 79.4 cm³/mol. The van der Waals surface area contributed by atoms with Crippen molar-refractivity contribution < 1.29 is 14.6 Å². The quantitative estimate of drug-likeness (QED) is 0.905. The van der Waals surface area contributed by atoms with Crippen molar-refractivity contribution in [2.45, 2.75) is 20.0 Å². The van der Waals surface area contributed by atoms with Gasteiger partial charge in [-0.05, 0) is 54.8 Å². The molecule has 2 aromatic carbocycles. The van der Waals surface area contributed by atoms with Crippen molar-refractivity contribution in [3.63, 3.8) is 0 Å². The minimum atomic E-state index is -0.667. The summed E-state index contributed by atoms with van der Waals surface area (Å²) in [5.41, 5.74) is 2.67. The van der Waals surface area contributed by atoms with Crippen LogP contribution in [0.1, 0.15) is 29.7 Å². The van der Waals surface area contributed by atoms with E-state index in [0.29, 0.717) is 6.61 Å². The predicted octanol–water partition coefficient (Wildman–Crippen LogP) is 3.48. The minimum Gasteiger partial charge on any atom is -0.496 e. The summed E-state index contributed by atoms with van der Waals surface area (Å²) in [7, 11) is 1.64. The van der Waals surface area contributed by atoms with Gasteiger partial charge in [0.25, 0.3) is 0 Å². The summed E-state index contributed by atoms with van der Waals surface area (Å²) in [5, 5.41) is 10.5. The van der Waals surface area contributed by atoms with Crippen LogP contribution in [0.5, 0.6) is 11.5 Å². The number of methoxy groups -OCH3 is 1. The number of aliphatic hydroxyl groups is 1. The molecule has 106 valence electrons. The highest BCUT2D eigenvalue weighted by Crippen LogP contribution is 2.28. The van der Waals surface area contributed by atoms with E-state index in [2.05, 4.69) is 0 Å². The highest BCUT2D eigenvalue weighted by atomic mass is 16.5. The average molecular weight is 272 g/mol. The molecule has 0 heterocycles. The second-order valence-corrected chi connectivity index (χ2v) is 4.64. The topological polar surface area (TPSA) is 38.7 Å². The first-order valence-corrected chi connectivity index (χ1v) is 6.71. The van der Waals surface area contributed by atoms with Gasteiger partial charge in [0, 0.05) is 0 Å². The first kappa shape index (κ1) is 14.4. The fraction of sp³-hybridized carbons (Fsp3) is 0.294. The van der Waals surface area contributed by atoms with Gasteiger partial charge in [-0.15, -0.1) is 0 Å². The molecule has 1 atom stereocenters. The van der Waals surface area contributed by atoms with Crippen molar-refractivity contribution in [3.8, 4) is 11.5 Å². The largest absolute Gasteiger partial charge is 0.496 e. The first-order valence-electron chi connectivity index (χ1n) is 6.71. The van der Waals surface area contributed by atoms with Crippen LogP contribution in [0, 0.1) is 6.92 Å². The zero-order valence-electron chi connectivity index (χ0n) is 12.1. The monoisotopic (exact) mass is 272 g/mol. The molecule has 3 nitrogen and oxygen atoms in total. The Morgan fingerprint density at radius 1 is 1.10 bits per heavy atom. The van der Waals surface area contributed by atoms with Crippen molar-refractivity contribution in [1.82, 2.24) is 0 Å². The molecule has 20 heavy (non-hydrogen) atoms. The van der Waals surface area contributed by atoms with E-state index in [-0.39, 0.29) is 0 Å². The lowest BCUT2D eigenvalue weighted by Crippen LogP contribution is -2.01. The maximum Gasteiger partial charge on any atom is 0.121 e. The van der Waals surface area contributed by atoms with Crippen LogP contribution >= 0.6 is 0 Å². The van der Waals surface area contributed by atoms with Gasteiger partial charge in [0.2, 0.25) is 0 Å². The number of hydrogen-bond donors (Lipinski definition) is 1. The summed E-state index contributed by atoms with van der Waals surface area (Å²) in [5.74, 6) is 1.60.